The molecule has 1 aromatic carbocycles. The minimum absolute atomic E-state index is 0.0184. The van der Waals surface area contributed by atoms with Crippen LogP contribution in [0.1, 0.15) is 24.8 Å². The number of nitro groups is 1. The molecular weight excluding hydrogens is 410 g/mol. The smallest absolute Gasteiger partial charge is 0.269 e. The number of non-ortho nitro benzene ring substituents is 1. The van der Waals surface area contributed by atoms with Gasteiger partial charge in [0.25, 0.3) is 5.69 Å². The van der Waals surface area contributed by atoms with Gasteiger partial charge in [0.15, 0.2) is 0 Å². The second kappa shape index (κ2) is 9.35. The molecule has 1 aromatic heterocycles. The molecule has 30 heavy (non-hydrogen) atoms. The zero-order valence-corrected chi connectivity index (χ0v) is 17.5. The van der Waals surface area contributed by atoms with Crippen molar-refractivity contribution in [3.63, 3.8) is 0 Å². The number of piperidine rings is 1. The van der Waals surface area contributed by atoms with Gasteiger partial charge in [0.2, 0.25) is 15.9 Å². The number of rotatable bonds is 8. The summed E-state index contributed by atoms with van der Waals surface area (Å²) in [6, 6.07) is 4.84. The Labute approximate surface area is 175 Å². The van der Waals surface area contributed by atoms with E-state index in [-0.39, 0.29) is 35.5 Å². The van der Waals surface area contributed by atoms with Gasteiger partial charge in [-0.25, -0.2) is 8.42 Å². The molecule has 2 heterocycles. The topological polar surface area (TPSA) is 127 Å². The Morgan fingerprint density at radius 1 is 1.27 bits per heavy atom. The molecular formula is C19H25N5O5S. The van der Waals surface area contributed by atoms with Crippen molar-refractivity contribution in [1.82, 2.24) is 19.4 Å². The Balaban J connectivity index is 1.46. The van der Waals surface area contributed by atoms with Gasteiger partial charge in [-0.05, 0) is 43.9 Å². The highest BCUT2D eigenvalue weighted by molar-refractivity contribution is 7.89. The third-order valence-electron chi connectivity index (χ3n) is 5.14. The average molecular weight is 436 g/mol. The van der Waals surface area contributed by atoms with Crippen molar-refractivity contribution in [2.45, 2.75) is 37.6 Å². The Bertz CT molecular complexity index is 995. The summed E-state index contributed by atoms with van der Waals surface area (Å²) >= 11 is 0. The molecule has 1 amide bonds. The predicted octanol–water partition coefficient (Wildman–Crippen LogP) is 1.71. The minimum Gasteiger partial charge on any atom is -0.356 e. The van der Waals surface area contributed by atoms with Gasteiger partial charge in [-0.2, -0.15) is 9.40 Å². The lowest BCUT2D eigenvalue weighted by molar-refractivity contribution is -0.384. The minimum atomic E-state index is -3.73. The van der Waals surface area contributed by atoms with Crippen molar-refractivity contribution in [2.75, 3.05) is 19.6 Å². The van der Waals surface area contributed by atoms with Crippen LogP contribution in [0, 0.1) is 23.0 Å². The first-order valence-electron chi connectivity index (χ1n) is 9.79. The molecule has 0 saturated carbocycles. The summed E-state index contributed by atoms with van der Waals surface area (Å²) in [6.45, 7) is 3.71. The zero-order chi connectivity index (χ0) is 21.7. The molecule has 3 rings (SSSR count). The molecule has 0 radical (unpaired) electrons. The quantitative estimate of drug-likeness (QED) is 0.382. The van der Waals surface area contributed by atoms with E-state index >= 15 is 0 Å². The zero-order valence-electron chi connectivity index (χ0n) is 16.7. The molecule has 1 N–H and O–H groups in total. The Morgan fingerprint density at radius 3 is 2.50 bits per heavy atom. The molecule has 2 aromatic rings. The van der Waals surface area contributed by atoms with Gasteiger partial charge in [0.1, 0.15) is 0 Å². The fraction of sp³-hybridized carbons (Fsp3) is 0.474. The van der Waals surface area contributed by atoms with Crippen molar-refractivity contribution in [3.05, 3.63) is 52.3 Å². The molecule has 1 aliphatic rings. The summed E-state index contributed by atoms with van der Waals surface area (Å²) in [4.78, 5) is 22.6. The summed E-state index contributed by atoms with van der Waals surface area (Å²) in [6.07, 6.45) is 5.38. The van der Waals surface area contributed by atoms with Crippen LogP contribution in [0.25, 0.3) is 0 Å². The lowest BCUT2D eigenvalue weighted by atomic mass is 9.97. The lowest BCUT2D eigenvalue weighted by Crippen LogP contribution is -2.43. The van der Waals surface area contributed by atoms with Crippen LogP contribution >= 0.6 is 0 Å². The van der Waals surface area contributed by atoms with E-state index in [0.717, 1.165) is 18.5 Å². The molecule has 162 valence electrons. The highest BCUT2D eigenvalue weighted by Gasteiger charge is 2.32. The highest BCUT2D eigenvalue weighted by Crippen LogP contribution is 2.25. The lowest BCUT2D eigenvalue weighted by Gasteiger charge is -2.30. The maximum atomic E-state index is 12.7. The second-order valence-corrected chi connectivity index (χ2v) is 9.29. The van der Waals surface area contributed by atoms with Crippen molar-refractivity contribution in [1.29, 1.82) is 0 Å². The molecule has 0 spiro atoms. The number of sulfonamides is 1. The van der Waals surface area contributed by atoms with Crippen molar-refractivity contribution in [2.24, 2.45) is 5.92 Å². The number of aryl methyl sites for hydroxylation is 2. The first kappa shape index (κ1) is 21.9. The van der Waals surface area contributed by atoms with Gasteiger partial charge in [0, 0.05) is 50.4 Å². The van der Waals surface area contributed by atoms with Crippen molar-refractivity contribution >= 4 is 21.6 Å². The van der Waals surface area contributed by atoms with Gasteiger partial charge in [0.05, 0.1) is 16.0 Å². The molecule has 0 unspecified atom stereocenters. The van der Waals surface area contributed by atoms with Crippen LogP contribution in [-0.2, 0) is 21.4 Å². The van der Waals surface area contributed by atoms with E-state index in [1.54, 1.807) is 6.20 Å². The maximum absolute atomic E-state index is 12.7. The molecule has 1 aliphatic heterocycles. The monoisotopic (exact) mass is 435 g/mol. The van der Waals surface area contributed by atoms with Gasteiger partial charge >= 0.3 is 0 Å². The molecule has 0 atom stereocenters. The molecule has 11 heteroatoms. The third-order valence-corrected chi connectivity index (χ3v) is 7.05. The van der Waals surface area contributed by atoms with E-state index in [0.29, 0.717) is 19.4 Å². The standard InChI is InChI=1S/C19H25N5O5S/c1-15-13-21-22(14-15)10-2-9-20-19(25)16-7-11-23(12-8-16)30(28,29)18-5-3-17(4-6-18)24(26)27/h3-6,13-14,16H,2,7-12H2,1H3,(H,20,25). The molecule has 1 fully saturated rings. The van der Waals surface area contributed by atoms with E-state index < -0.39 is 14.9 Å². The van der Waals surface area contributed by atoms with Gasteiger partial charge in [-0.15, -0.1) is 0 Å². The highest BCUT2D eigenvalue weighted by atomic mass is 32.2. The van der Waals surface area contributed by atoms with Gasteiger partial charge in [-0.1, -0.05) is 0 Å². The average Bonchev–Trinajstić information content (AvgIpc) is 3.16. The van der Waals surface area contributed by atoms with Crippen LogP contribution in [0.2, 0.25) is 0 Å². The molecule has 0 bridgehead atoms. The second-order valence-electron chi connectivity index (χ2n) is 7.35. The van der Waals surface area contributed by atoms with E-state index in [1.165, 1.54) is 28.6 Å². The number of hydrogen-bond acceptors (Lipinski definition) is 6. The normalized spacial score (nSPS) is 15.8. The first-order chi connectivity index (χ1) is 14.3. The fourth-order valence-corrected chi connectivity index (χ4v) is 4.90. The van der Waals surface area contributed by atoms with Gasteiger partial charge in [-0.3, -0.25) is 19.6 Å². The summed E-state index contributed by atoms with van der Waals surface area (Å²) in [7, 11) is -3.73. The number of carbonyl (C=O) groups excluding carboxylic acids is 1. The fourth-order valence-electron chi connectivity index (χ4n) is 3.43. The van der Waals surface area contributed by atoms with Crippen LogP contribution in [0.5, 0.6) is 0 Å². The molecule has 10 nitrogen and oxygen atoms in total. The van der Waals surface area contributed by atoms with Crippen molar-refractivity contribution in [3.8, 4) is 0 Å². The predicted molar refractivity (Wildman–Crippen MR) is 109 cm³/mol. The summed E-state index contributed by atoms with van der Waals surface area (Å²) in [5.41, 5.74) is 0.932. The SMILES string of the molecule is Cc1cnn(CCCNC(=O)C2CCN(S(=O)(=O)c3ccc([N+](=O)[O-])cc3)CC2)c1. The Morgan fingerprint density at radius 2 is 1.93 bits per heavy atom. The molecule has 1 saturated heterocycles. The number of benzene rings is 1. The van der Waals surface area contributed by atoms with Gasteiger partial charge < -0.3 is 5.32 Å². The number of nitro benzene ring substituents is 1. The van der Waals surface area contributed by atoms with Crippen LogP contribution in [0.3, 0.4) is 0 Å². The Kier molecular flexibility index (Phi) is 6.83. The first-order valence-corrected chi connectivity index (χ1v) is 11.2. The summed E-state index contributed by atoms with van der Waals surface area (Å²) < 4.78 is 28.6. The van der Waals surface area contributed by atoms with Crippen LogP contribution < -0.4 is 5.32 Å². The summed E-state index contributed by atoms with van der Waals surface area (Å²) in [5, 5.41) is 17.9. The largest absolute Gasteiger partial charge is 0.356 e. The van der Waals surface area contributed by atoms with E-state index in [4.69, 9.17) is 0 Å². The number of nitrogens with one attached hydrogen (secondary N) is 1. The van der Waals surface area contributed by atoms with E-state index in [9.17, 15) is 23.3 Å². The van der Waals surface area contributed by atoms with Crippen molar-refractivity contribution < 1.29 is 18.1 Å². The van der Waals surface area contributed by atoms with Crippen LogP contribution in [-0.4, -0.2) is 53.0 Å². The number of carbonyl (C=O) groups is 1. The van der Waals surface area contributed by atoms with Crippen LogP contribution in [0.4, 0.5) is 5.69 Å². The third kappa shape index (κ3) is 5.22. The molecule has 0 aliphatic carbocycles. The number of amides is 1. The Hall–Kier alpha value is -2.79. The number of nitrogens with zero attached hydrogens (tertiary/aromatic N) is 4. The van der Waals surface area contributed by atoms with E-state index in [2.05, 4.69) is 10.4 Å². The summed E-state index contributed by atoms with van der Waals surface area (Å²) in [5.74, 6) is -0.278. The number of hydrogen-bond donors (Lipinski definition) is 1. The maximum Gasteiger partial charge on any atom is 0.269 e. The van der Waals surface area contributed by atoms with Crippen LogP contribution in [0.15, 0.2) is 41.6 Å². The number of aromatic nitrogens is 2. The van der Waals surface area contributed by atoms with E-state index in [1.807, 2.05) is 17.8 Å².